The SMILES string of the molecule is CCCC[C@H](NC(=O)N(C)c1ccc(CC)cc1)C(=O)O. The number of carbonyl (C=O) groups is 2. The van der Waals surface area contributed by atoms with Crippen molar-refractivity contribution in [3.8, 4) is 0 Å². The molecule has 0 aromatic heterocycles. The van der Waals surface area contributed by atoms with Crippen molar-refractivity contribution in [1.82, 2.24) is 5.32 Å². The molecule has 0 spiro atoms. The maximum absolute atomic E-state index is 12.1. The average Bonchev–Trinajstić information content (AvgIpc) is 2.50. The normalized spacial score (nSPS) is 11.8. The van der Waals surface area contributed by atoms with E-state index < -0.39 is 18.0 Å². The molecule has 0 bridgehead atoms. The van der Waals surface area contributed by atoms with Crippen molar-refractivity contribution in [3.63, 3.8) is 0 Å². The van der Waals surface area contributed by atoms with Crippen molar-refractivity contribution in [2.24, 2.45) is 0 Å². The van der Waals surface area contributed by atoms with Crippen LogP contribution in [0.2, 0.25) is 0 Å². The zero-order valence-electron chi connectivity index (χ0n) is 12.9. The maximum Gasteiger partial charge on any atom is 0.326 e. The Morgan fingerprint density at radius 1 is 1.24 bits per heavy atom. The van der Waals surface area contributed by atoms with Crippen molar-refractivity contribution >= 4 is 17.7 Å². The van der Waals surface area contributed by atoms with Crippen molar-refractivity contribution in [1.29, 1.82) is 0 Å². The predicted octanol–water partition coefficient (Wildman–Crippen LogP) is 3.04. The van der Waals surface area contributed by atoms with Crippen LogP contribution < -0.4 is 10.2 Å². The Kier molecular flexibility index (Phi) is 6.72. The van der Waals surface area contributed by atoms with Crippen molar-refractivity contribution in [2.75, 3.05) is 11.9 Å². The summed E-state index contributed by atoms with van der Waals surface area (Å²) in [6.07, 6.45) is 3.05. The molecule has 0 unspecified atom stereocenters. The molecule has 0 aliphatic heterocycles. The van der Waals surface area contributed by atoms with Gasteiger partial charge in [-0.2, -0.15) is 0 Å². The third-order valence-electron chi connectivity index (χ3n) is 3.48. The molecule has 116 valence electrons. The number of carbonyl (C=O) groups excluding carboxylic acids is 1. The van der Waals surface area contributed by atoms with Gasteiger partial charge in [0.25, 0.3) is 0 Å². The van der Waals surface area contributed by atoms with E-state index in [9.17, 15) is 9.59 Å². The van der Waals surface area contributed by atoms with E-state index in [1.165, 1.54) is 10.5 Å². The highest BCUT2D eigenvalue weighted by Gasteiger charge is 2.21. The van der Waals surface area contributed by atoms with Gasteiger partial charge < -0.3 is 10.4 Å². The third kappa shape index (κ3) is 5.10. The number of amides is 2. The van der Waals surface area contributed by atoms with Crippen LogP contribution in [-0.4, -0.2) is 30.2 Å². The molecule has 0 radical (unpaired) electrons. The van der Waals surface area contributed by atoms with Crippen molar-refractivity contribution in [2.45, 2.75) is 45.6 Å². The highest BCUT2D eigenvalue weighted by atomic mass is 16.4. The number of rotatable bonds is 7. The number of nitrogens with zero attached hydrogens (tertiary/aromatic N) is 1. The summed E-state index contributed by atoms with van der Waals surface area (Å²) in [6, 6.07) is 6.41. The molecule has 1 atom stereocenters. The number of carboxylic acid groups (broad SMARTS) is 1. The topological polar surface area (TPSA) is 69.6 Å². The second-order valence-corrected chi connectivity index (χ2v) is 5.06. The molecule has 5 nitrogen and oxygen atoms in total. The quantitative estimate of drug-likeness (QED) is 0.811. The molecule has 0 fully saturated rings. The van der Waals surface area contributed by atoms with Gasteiger partial charge in [-0.1, -0.05) is 38.8 Å². The van der Waals surface area contributed by atoms with Gasteiger partial charge in [-0.25, -0.2) is 9.59 Å². The summed E-state index contributed by atoms with van der Waals surface area (Å²) in [7, 11) is 1.63. The highest BCUT2D eigenvalue weighted by molar-refractivity contribution is 5.93. The average molecular weight is 292 g/mol. The van der Waals surface area contributed by atoms with Crippen LogP contribution in [-0.2, 0) is 11.2 Å². The van der Waals surface area contributed by atoms with Gasteiger partial charge in [0.2, 0.25) is 0 Å². The summed E-state index contributed by atoms with van der Waals surface area (Å²) in [4.78, 5) is 24.7. The van der Waals surface area contributed by atoms with Crippen molar-refractivity contribution in [3.05, 3.63) is 29.8 Å². The minimum Gasteiger partial charge on any atom is -0.480 e. The molecule has 1 aromatic carbocycles. The van der Waals surface area contributed by atoms with Crippen LogP contribution in [0.4, 0.5) is 10.5 Å². The largest absolute Gasteiger partial charge is 0.480 e. The number of carboxylic acids is 1. The number of unbranched alkanes of at least 4 members (excludes halogenated alkanes) is 1. The molecule has 5 heteroatoms. The first-order valence-electron chi connectivity index (χ1n) is 7.35. The van der Waals surface area contributed by atoms with E-state index >= 15 is 0 Å². The lowest BCUT2D eigenvalue weighted by atomic mass is 10.1. The summed E-state index contributed by atoms with van der Waals surface area (Å²) < 4.78 is 0. The van der Waals surface area contributed by atoms with E-state index in [0.717, 1.165) is 24.9 Å². The number of urea groups is 1. The first kappa shape index (κ1) is 17.0. The van der Waals surface area contributed by atoms with Crippen LogP contribution >= 0.6 is 0 Å². The van der Waals surface area contributed by atoms with Crippen LogP contribution in [0.5, 0.6) is 0 Å². The number of benzene rings is 1. The zero-order chi connectivity index (χ0) is 15.8. The molecule has 1 rings (SSSR count). The Labute approximate surface area is 126 Å². The van der Waals surface area contributed by atoms with Crippen molar-refractivity contribution < 1.29 is 14.7 Å². The van der Waals surface area contributed by atoms with E-state index in [2.05, 4.69) is 12.2 Å². The van der Waals surface area contributed by atoms with Gasteiger partial charge in [0.15, 0.2) is 0 Å². The van der Waals surface area contributed by atoms with E-state index in [1.807, 2.05) is 31.2 Å². The third-order valence-corrected chi connectivity index (χ3v) is 3.48. The molecule has 2 N–H and O–H groups in total. The zero-order valence-corrected chi connectivity index (χ0v) is 12.9. The minimum absolute atomic E-state index is 0.400. The van der Waals surface area contributed by atoms with E-state index in [4.69, 9.17) is 5.11 Å². The molecule has 0 aliphatic carbocycles. The number of nitrogens with one attached hydrogen (secondary N) is 1. The van der Waals surface area contributed by atoms with Gasteiger partial charge in [-0.05, 0) is 30.5 Å². The van der Waals surface area contributed by atoms with Crippen LogP contribution in [0.1, 0.15) is 38.7 Å². The van der Waals surface area contributed by atoms with Crippen LogP contribution in [0.3, 0.4) is 0 Å². The molecule has 21 heavy (non-hydrogen) atoms. The van der Waals surface area contributed by atoms with Crippen LogP contribution in [0.25, 0.3) is 0 Å². The van der Waals surface area contributed by atoms with E-state index in [1.54, 1.807) is 7.05 Å². The van der Waals surface area contributed by atoms with Crippen LogP contribution in [0, 0.1) is 0 Å². The van der Waals surface area contributed by atoms with Gasteiger partial charge in [0.1, 0.15) is 6.04 Å². The predicted molar refractivity (Wildman–Crippen MR) is 83.7 cm³/mol. The second-order valence-electron chi connectivity index (χ2n) is 5.06. The molecule has 1 aromatic rings. The smallest absolute Gasteiger partial charge is 0.326 e. The van der Waals surface area contributed by atoms with E-state index in [0.29, 0.717) is 6.42 Å². The first-order chi connectivity index (χ1) is 9.99. The monoisotopic (exact) mass is 292 g/mol. The highest BCUT2D eigenvalue weighted by Crippen LogP contribution is 2.14. The van der Waals surface area contributed by atoms with Gasteiger partial charge in [-0.15, -0.1) is 0 Å². The van der Waals surface area contributed by atoms with Gasteiger partial charge in [0, 0.05) is 12.7 Å². The summed E-state index contributed by atoms with van der Waals surface area (Å²) in [5.41, 5.74) is 1.93. The molecule has 0 saturated carbocycles. The van der Waals surface area contributed by atoms with Gasteiger partial charge in [0.05, 0.1) is 0 Å². The summed E-state index contributed by atoms with van der Waals surface area (Å²) in [6.45, 7) is 4.05. The molecule has 0 heterocycles. The Hall–Kier alpha value is -2.04. The number of hydrogen-bond donors (Lipinski definition) is 2. The number of aliphatic carboxylic acids is 1. The fourth-order valence-electron chi connectivity index (χ4n) is 1.98. The minimum atomic E-state index is -0.994. The Bertz CT molecular complexity index is 471. The Morgan fingerprint density at radius 3 is 2.33 bits per heavy atom. The number of aryl methyl sites for hydroxylation is 1. The molecular formula is C16H24N2O3. The lowest BCUT2D eigenvalue weighted by Gasteiger charge is -2.21. The Balaban J connectivity index is 2.69. The standard InChI is InChI=1S/C16H24N2O3/c1-4-6-7-14(15(19)20)17-16(21)18(3)13-10-8-12(5-2)9-11-13/h8-11,14H,4-7H2,1-3H3,(H,17,21)(H,19,20)/t14-/m0/s1. The number of anilines is 1. The second kappa shape index (κ2) is 8.29. The van der Waals surface area contributed by atoms with Gasteiger partial charge >= 0.3 is 12.0 Å². The maximum atomic E-state index is 12.1. The molecular weight excluding hydrogens is 268 g/mol. The lowest BCUT2D eigenvalue weighted by molar-refractivity contribution is -0.139. The fraction of sp³-hybridized carbons (Fsp3) is 0.500. The summed E-state index contributed by atoms with van der Waals surface area (Å²) in [5, 5.41) is 11.7. The fourth-order valence-corrected chi connectivity index (χ4v) is 1.98. The van der Waals surface area contributed by atoms with E-state index in [-0.39, 0.29) is 0 Å². The molecule has 0 aliphatic rings. The summed E-state index contributed by atoms with van der Waals surface area (Å²) >= 11 is 0. The lowest BCUT2D eigenvalue weighted by Crippen LogP contribution is -2.46. The molecule has 2 amide bonds. The first-order valence-corrected chi connectivity index (χ1v) is 7.35. The number of hydrogen-bond acceptors (Lipinski definition) is 2. The van der Waals surface area contributed by atoms with Gasteiger partial charge in [-0.3, -0.25) is 4.90 Å². The molecule has 0 saturated heterocycles. The Morgan fingerprint density at radius 2 is 1.86 bits per heavy atom. The summed E-state index contributed by atoms with van der Waals surface area (Å²) in [5.74, 6) is -0.994. The van der Waals surface area contributed by atoms with Crippen LogP contribution in [0.15, 0.2) is 24.3 Å².